The van der Waals surface area contributed by atoms with Crippen LogP contribution in [0, 0.1) is 5.92 Å². The van der Waals surface area contributed by atoms with E-state index in [1.165, 1.54) is 30.6 Å². The Morgan fingerprint density at radius 3 is 2.61 bits per heavy atom. The Kier molecular flexibility index (Phi) is 8.02. The Labute approximate surface area is 175 Å². The summed E-state index contributed by atoms with van der Waals surface area (Å²) in [5.41, 5.74) is 0. The molecular weight excluding hydrogens is 394 g/mol. The van der Waals surface area contributed by atoms with E-state index < -0.39 is 0 Å². The molecule has 0 saturated heterocycles. The number of thioether (sulfide) groups is 1. The molecule has 0 unspecified atom stereocenters. The van der Waals surface area contributed by atoms with E-state index in [2.05, 4.69) is 22.1 Å². The molecule has 2 aliphatic carbocycles. The molecule has 3 rings (SSSR count). The molecule has 2 amide bonds. The second-order valence-corrected chi connectivity index (χ2v) is 10.1. The van der Waals surface area contributed by atoms with E-state index >= 15 is 0 Å². The van der Waals surface area contributed by atoms with E-state index in [4.69, 9.17) is 4.74 Å². The minimum absolute atomic E-state index is 0.00155. The molecule has 0 atom stereocenters. The smallest absolute Gasteiger partial charge is 0.324 e. The van der Waals surface area contributed by atoms with E-state index in [0.717, 1.165) is 35.8 Å². The molecule has 0 spiro atoms. The largest absolute Gasteiger partial charge is 0.466 e. The number of nitrogens with one attached hydrogen (secondary N) is 1. The molecule has 2 fully saturated rings. The molecule has 0 aromatic carbocycles. The number of hydrogen-bond acceptors (Lipinski definition) is 6. The van der Waals surface area contributed by atoms with Crippen LogP contribution in [0.1, 0.15) is 65.2 Å². The molecule has 6 nitrogen and oxygen atoms in total. The van der Waals surface area contributed by atoms with E-state index in [9.17, 15) is 9.59 Å². The van der Waals surface area contributed by atoms with E-state index in [1.807, 2.05) is 6.92 Å². The average molecular weight is 426 g/mol. The monoisotopic (exact) mass is 425 g/mol. The minimum Gasteiger partial charge on any atom is -0.466 e. The van der Waals surface area contributed by atoms with Crippen molar-refractivity contribution in [3.63, 3.8) is 0 Å². The number of aromatic nitrogens is 1. The summed E-state index contributed by atoms with van der Waals surface area (Å²) in [5.74, 6) is 1.25. The third-order valence-electron chi connectivity index (χ3n) is 5.64. The number of nitrogens with zero attached hydrogens (tertiary/aromatic N) is 2. The van der Waals surface area contributed by atoms with Crippen LogP contribution >= 0.6 is 23.1 Å². The first-order valence-electron chi connectivity index (χ1n) is 10.4. The standard InChI is InChI=1S/C20H31N3O3S2/c1-3-26-17(24)11-12-27-18-13-21-19(28-18)22-20(25)23(15-5-4-6-15)16-9-7-14(2)8-10-16/h13-16H,3-12H2,1-2H3,(H,21,22,25). The number of thiazole rings is 1. The van der Waals surface area contributed by atoms with Crippen LogP contribution in [0.15, 0.2) is 10.4 Å². The van der Waals surface area contributed by atoms with E-state index in [-0.39, 0.29) is 12.0 Å². The van der Waals surface area contributed by atoms with Gasteiger partial charge in [-0.3, -0.25) is 10.1 Å². The fourth-order valence-corrected chi connectivity index (χ4v) is 5.68. The molecule has 1 N–H and O–H groups in total. The molecule has 2 saturated carbocycles. The summed E-state index contributed by atoms with van der Waals surface area (Å²) in [4.78, 5) is 30.9. The Balaban J connectivity index is 1.52. The van der Waals surface area contributed by atoms with Crippen LogP contribution in [0.2, 0.25) is 0 Å². The van der Waals surface area contributed by atoms with Gasteiger partial charge < -0.3 is 9.64 Å². The summed E-state index contributed by atoms with van der Waals surface area (Å²) in [7, 11) is 0. The number of amides is 2. The van der Waals surface area contributed by atoms with Gasteiger partial charge in [0.15, 0.2) is 5.13 Å². The second kappa shape index (κ2) is 10.5. The first-order chi connectivity index (χ1) is 13.6. The van der Waals surface area contributed by atoms with Gasteiger partial charge in [-0.1, -0.05) is 18.3 Å². The maximum Gasteiger partial charge on any atom is 0.324 e. The topological polar surface area (TPSA) is 71.5 Å². The number of esters is 1. The molecule has 0 bridgehead atoms. The number of hydrogen-bond donors (Lipinski definition) is 1. The van der Waals surface area contributed by atoms with Crippen molar-refractivity contribution < 1.29 is 14.3 Å². The highest BCUT2D eigenvalue weighted by atomic mass is 32.2. The van der Waals surface area contributed by atoms with Gasteiger partial charge in [-0.05, 0) is 57.8 Å². The fraction of sp³-hybridized carbons (Fsp3) is 0.750. The summed E-state index contributed by atoms with van der Waals surface area (Å²) >= 11 is 3.04. The lowest BCUT2D eigenvalue weighted by atomic mass is 9.83. The van der Waals surface area contributed by atoms with Gasteiger partial charge in [-0.25, -0.2) is 9.78 Å². The molecule has 1 aromatic rings. The third-order valence-corrected chi connectivity index (χ3v) is 7.74. The lowest BCUT2D eigenvalue weighted by Crippen LogP contribution is -2.52. The van der Waals surface area contributed by atoms with Crippen LogP contribution in [0.25, 0.3) is 0 Å². The molecule has 1 heterocycles. The van der Waals surface area contributed by atoms with Crippen molar-refractivity contribution in [2.24, 2.45) is 5.92 Å². The lowest BCUT2D eigenvalue weighted by molar-refractivity contribution is -0.142. The number of anilines is 1. The van der Waals surface area contributed by atoms with Gasteiger partial charge in [-0.2, -0.15) is 0 Å². The molecule has 28 heavy (non-hydrogen) atoms. The Morgan fingerprint density at radius 1 is 1.25 bits per heavy atom. The number of rotatable bonds is 8. The van der Waals surface area contributed by atoms with Crippen LogP contribution in [0.5, 0.6) is 0 Å². The lowest BCUT2D eigenvalue weighted by Gasteiger charge is -2.44. The second-order valence-electron chi connectivity index (χ2n) is 7.72. The van der Waals surface area contributed by atoms with Crippen molar-refractivity contribution in [2.45, 2.75) is 81.5 Å². The summed E-state index contributed by atoms with van der Waals surface area (Å²) < 4.78 is 5.94. The first-order valence-corrected chi connectivity index (χ1v) is 12.2. The maximum absolute atomic E-state index is 13.0. The summed E-state index contributed by atoms with van der Waals surface area (Å²) in [6.07, 6.45) is 10.2. The molecule has 1 aromatic heterocycles. The first kappa shape index (κ1) is 21.4. The van der Waals surface area contributed by atoms with Crippen molar-refractivity contribution >= 4 is 40.2 Å². The van der Waals surface area contributed by atoms with Gasteiger partial charge in [0.2, 0.25) is 0 Å². The zero-order chi connectivity index (χ0) is 19.9. The van der Waals surface area contributed by atoms with Gasteiger partial charge in [0.05, 0.1) is 23.4 Å². The minimum atomic E-state index is -0.175. The van der Waals surface area contributed by atoms with Gasteiger partial charge >= 0.3 is 12.0 Å². The molecule has 8 heteroatoms. The van der Waals surface area contributed by atoms with Crippen LogP contribution in [-0.2, 0) is 9.53 Å². The van der Waals surface area contributed by atoms with Crippen molar-refractivity contribution in [3.8, 4) is 0 Å². The van der Waals surface area contributed by atoms with Crippen molar-refractivity contribution in [1.82, 2.24) is 9.88 Å². The summed E-state index contributed by atoms with van der Waals surface area (Å²) in [5, 5.41) is 3.67. The number of urea groups is 1. The number of carbonyl (C=O) groups is 2. The third kappa shape index (κ3) is 5.86. The van der Waals surface area contributed by atoms with Crippen molar-refractivity contribution in [1.29, 1.82) is 0 Å². The number of ether oxygens (including phenoxy) is 1. The molecule has 156 valence electrons. The zero-order valence-corrected chi connectivity index (χ0v) is 18.4. The Morgan fingerprint density at radius 2 is 1.96 bits per heavy atom. The maximum atomic E-state index is 13.0. The summed E-state index contributed by atoms with van der Waals surface area (Å²) in [6.45, 7) is 4.53. The molecule has 0 aliphatic heterocycles. The average Bonchev–Trinajstić information content (AvgIpc) is 3.06. The number of carbonyl (C=O) groups excluding carboxylic acids is 2. The van der Waals surface area contributed by atoms with Gasteiger partial charge in [0, 0.05) is 17.8 Å². The van der Waals surface area contributed by atoms with Gasteiger partial charge in [0.25, 0.3) is 0 Å². The predicted octanol–water partition coefficient (Wildman–Crippen LogP) is 5.15. The molecule has 2 aliphatic rings. The quantitative estimate of drug-likeness (QED) is 0.460. The van der Waals surface area contributed by atoms with Gasteiger partial charge in [0.1, 0.15) is 0 Å². The van der Waals surface area contributed by atoms with Crippen LogP contribution in [0.3, 0.4) is 0 Å². The highest BCUT2D eigenvalue weighted by molar-refractivity contribution is 8.01. The zero-order valence-electron chi connectivity index (χ0n) is 16.8. The Hall–Kier alpha value is -1.28. The SMILES string of the molecule is CCOC(=O)CCSc1cnc(NC(=O)N(C2CCC2)C2CCC(C)CC2)s1. The van der Waals surface area contributed by atoms with Crippen LogP contribution < -0.4 is 5.32 Å². The molecule has 0 radical (unpaired) electrons. The normalized spacial score (nSPS) is 22.4. The summed E-state index contributed by atoms with van der Waals surface area (Å²) in [6, 6.07) is 0.748. The Bertz CT molecular complexity index is 655. The predicted molar refractivity (Wildman–Crippen MR) is 114 cm³/mol. The highest BCUT2D eigenvalue weighted by Gasteiger charge is 2.36. The van der Waals surface area contributed by atoms with E-state index in [0.29, 0.717) is 36.0 Å². The van der Waals surface area contributed by atoms with Crippen LogP contribution in [-0.4, -0.2) is 46.3 Å². The highest BCUT2D eigenvalue weighted by Crippen LogP contribution is 2.35. The van der Waals surface area contributed by atoms with Crippen LogP contribution in [0.4, 0.5) is 9.93 Å². The molecular formula is C20H31N3O3S2. The van der Waals surface area contributed by atoms with E-state index in [1.54, 1.807) is 18.0 Å². The van der Waals surface area contributed by atoms with Crippen molar-refractivity contribution in [2.75, 3.05) is 17.7 Å². The fourth-order valence-electron chi connectivity index (χ4n) is 3.82. The van der Waals surface area contributed by atoms with Gasteiger partial charge in [-0.15, -0.1) is 11.8 Å². The van der Waals surface area contributed by atoms with Crippen molar-refractivity contribution in [3.05, 3.63) is 6.20 Å².